The highest BCUT2D eigenvalue weighted by Crippen LogP contribution is 2.42. The third-order valence-electron chi connectivity index (χ3n) is 3.77. The number of carboxylic acids is 1. The maximum Gasteiger partial charge on any atom is 0.228 e. The Labute approximate surface area is 126 Å². The second-order valence-electron chi connectivity index (χ2n) is 5.19. The molecule has 1 fully saturated rings. The molecule has 0 saturated carbocycles. The highest BCUT2D eigenvalue weighted by atomic mass is 32.1. The highest BCUT2D eigenvalue weighted by Gasteiger charge is 2.42. The number of benzene rings is 1. The van der Waals surface area contributed by atoms with E-state index < -0.39 is 17.9 Å². The molecule has 2 aromatic rings. The van der Waals surface area contributed by atoms with E-state index in [9.17, 15) is 14.7 Å². The van der Waals surface area contributed by atoms with Crippen LogP contribution in [0.2, 0.25) is 0 Å². The first kappa shape index (κ1) is 13.8. The first-order chi connectivity index (χ1) is 10.1. The van der Waals surface area contributed by atoms with Crippen molar-refractivity contribution in [2.75, 3.05) is 4.90 Å². The van der Waals surface area contributed by atoms with Crippen LogP contribution >= 0.6 is 11.3 Å². The molecule has 1 aromatic heterocycles. The first-order valence-corrected chi connectivity index (χ1v) is 7.59. The van der Waals surface area contributed by atoms with Gasteiger partial charge < -0.3 is 14.8 Å². The molecule has 5 heteroatoms. The minimum absolute atomic E-state index is 0.0151. The number of thiophene rings is 1. The van der Waals surface area contributed by atoms with Gasteiger partial charge in [0, 0.05) is 28.9 Å². The van der Waals surface area contributed by atoms with Gasteiger partial charge in [-0.05, 0) is 30.5 Å². The smallest absolute Gasteiger partial charge is 0.228 e. The average Bonchev–Trinajstić information content (AvgIpc) is 3.07. The minimum Gasteiger partial charge on any atom is -0.550 e. The van der Waals surface area contributed by atoms with E-state index in [-0.39, 0.29) is 12.3 Å². The molecule has 0 bridgehead atoms. The Morgan fingerprint density at radius 1 is 1.29 bits per heavy atom. The zero-order valence-corrected chi connectivity index (χ0v) is 12.3. The number of hydrogen-bond acceptors (Lipinski definition) is 4. The minimum atomic E-state index is -1.17. The predicted molar refractivity (Wildman–Crippen MR) is 78.8 cm³/mol. The Balaban J connectivity index is 2.06. The molecule has 1 aromatic carbocycles. The van der Waals surface area contributed by atoms with Gasteiger partial charge in [-0.25, -0.2) is 0 Å². The molecular weight excluding hydrogens is 286 g/mol. The summed E-state index contributed by atoms with van der Waals surface area (Å²) in [5.41, 5.74) is 1.82. The lowest BCUT2D eigenvalue weighted by atomic mass is 9.99. The van der Waals surface area contributed by atoms with Crippen LogP contribution < -0.4 is 10.0 Å². The topological polar surface area (TPSA) is 60.4 Å². The predicted octanol–water partition coefficient (Wildman–Crippen LogP) is 1.90. The largest absolute Gasteiger partial charge is 0.550 e. The van der Waals surface area contributed by atoms with Gasteiger partial charge in [0.15, 0.2) is 0 Å². The van der Waals surface area contributed by atoms with Crippen LogP contribution in [-0.2, 0) is 9.59 Å². The van der Waals surface area contributed by atoms with Gasteiger partial charge in [-0.1, -0.05) is 23.8 Å². The van der Waals surface area contributed by atoms with E-state index in [0.29, 0.717) is 0 Å². The van der Waals surface area contributed by atoms with E-state index in [1.54, 1.807) is 4.90 Å². The van der Waals surface area contributed by atoms with E-state index in [2.05, 4.69) is 0 Å². The molecular formula is C16H14NO3S-. The summed E-state index contributed by atoms with van der Waals surface area (Å²) in [6.07, 6.45) is -0.0151. The van der Waals surface area contributed by atoms with Crippen molar-refractivity contribution in [3.8, 4) is 0 Å². The highest BCUT2D eigenvalue weighted by molar-refractivity contribution is 7.10. The Hall–Kier alpha value is -2.14. The number of rotatable bonds is 3. The van der Waals surface area contributed by atoms with Crippen LogP contribution in [0, 0.1) is 12.8 Å². The van der Waals surface area contributed by atoms with Crippen LogP contribution in [0.15, 0.2) is 41.8 Å². The molecule has 4 nitrogen and oxygen atoms in total. The molecule has 0 N–H and O–H groups in total. The number of carbonyl (C=O) groups is 2. The van der Waals surface area contributed by atoms with Crippen molar-refractivity contribution in [1.82, 2.24) is 0 Å². The summed E-state index contributed by atoms with van der Waals surface area (Å²) in [7, 11) is 0. The molecule has 1 aliphatic rings. The van der Waals surface area contributed by atoms with Crippen LogP contribution in [0.1, 0.15) is 22.9 Å². The molecule has 0 spiro atoms. The number of nitrogens with zero attached hydrogens (tertiary/aromatic N) is 1. The SMILES string of the molecule is Cc1ccc(N2C(=O)C[C@H](C(=O)[O-])[C@@H]2c2cccs2)cc1. The summed E-state index contributed by atoms with van der Waals surface area (Å²) in [6.45, 7) is 1.97. The van der Waals surface area contributed by atoms with E-state index in [1.807, 2.05) is 48.7 Å². The second kappa shape index (κ2) is 5.33. The number of carbonyl (C=O) groups excluding carboxylic acids is 2. The molecule has 2 heterocycles. The maximum atomic E-state index is 12.3. The molecule has 1 aliphatic heterocycles. The molecule has 1 saturated heterocycles. The summed E-state index contributed by atoms with van der Waals surface area (Å²) in [5.74, 6) is -2.15. The monoisotopic (exact) mass is 300 g/mol. The third kappa shape index (κ3) is 2.45. The van der Waals surface area contributed by atoms with Crippen LogP contribution in [0.25, 0.3) is 0 Å². The lowest BCUT2D eigenvalue weighted by molar-refractivity contribution is -0.311. The van der Waals surface area contributed by atoms with Crippen LogP contribution in [0.5, 0.6) is 0 Å². The summed E-state index contributed by atoms with van der Waals surface area (Å²) in [5, 5.41) is 13.3. The Morgan fingerprint density at radius 3 is 2.57 bits per heavy atom. The fourth-order valence-electron chi connectivity index (χ4n) is 2.74. The number of amides is 1. The van der Waals surface area contributed by atoms with Gasteiger partial charge in [0.25, 0.3) is 0 Å². The molecule has 0 unspecified atom stereocenters. The first-order valence-electron chi connectivity index (χ1n) is 6.71. The maximum absolute atomic E-state index is 12.3. The quantitative estimate of drug-likeness (QED) is 0.870. The van der Waals surface area contributed by atoms with Gasteiger partial charge >= 0.3 is 0 Å². The van der Waals surface area contributed by atoms with Crippen LogP contribution in [-0.4, -0.2) is 11.9 Å². The second-order valence-corrected chi connectivity index (χ2v) is 6.17. The van der Waals surface area contributed by atoms with Crippen molar-refractivity contribution in [3.63, 3.8) is 0 Å². The number of hydrogen-bond donors (Lipinski definition) is 0. The molecule has 3 rings (SSSR count). The zero-order valence-electron chi connectivity index (χ0n) is 11.5. The molecule has 0 radical (unpaired) electrons. The summed E-state index contributed by atoms with van der Waals surface area (Å²) in [4.78, 5) is 26.2. The molecule has 1 amide bonds. The molecule has 108 valence electrons. The number of aryl methyl sites for hydroxylation is 1. The van der Waals surface area contributed by atoms with Crippen molar-refractivity contribution < 1.29 is 14.7 Å². The third-order valence-corrected chi connectivity index (χ3v) is 4.72. The van der Waals surface area contributed by atoms with Gasteiger partial charge in [0.2, 0.25) is 5.91 Å². The van der Waals surface area contributed by atoms with Crippen molar-refractivity contribution in [3.05, 3.63) is 52.2 Å². The van der Waals surface area contributed by atoms with Crippen molar-refractivity contribution >= 4 is 28.9 Å². The fraction of sp³-hybridized carbons (Fsp3) is 0.250. The van der Waals surface area contributed by atoms with Gasteiger partial charge in [-0.2, -0.15) is 0 Å². The van der Waals surface area contributed by atoms with E-state index in [4.69, 9.17) is 0 Å². The summed E-state index contributed by atoms with van der Waals surface area (Å²) in [6, 6.07) is 10.8. The fourth-order valence-corrected chi connectivity index (χ4v) is 3.62. The number of aliphatic carboxylic acids is 1. The van der Waals surface area contributed by atoms with Gasteiger partial charge in [-0.3, -0.25) is 4.79 Å². The van der Waals surface area contributed by atoms with Crippen LogP contribution in [0.3, 0.4) is 0 Å². The normalized spacial score (nSPS) is 21.8. The van der Waals surface area contributed by atoms with E-state index in [0.717, 1.165) is 16.1 Å². The summed E-state index contributed by atoms with van der Waals surface area (Å²) < 4.78 is 0. The van der Waals surface area contributed by atoms with Gasteiger partial charge in [-0.15, -0.1) is 11.3 Å². The van der Waals surface area contributed by atoms with Gasteiger partial charge in [0.1, 0.15) is 0 Å². The number of anilines is 1. The van der Waals surface area contributed by atoms with E-state index in [1.165, 1.54) is 11.3 Å². The number of carboxylic acid groups (broad SMARTS) is 1. The zero-order chi connectivity index (χ0) is 15.0. The molecule has 21 heavy (non-hydrogen) atoms. The van der Waals surface area contributed by atoms with Crippen molar-refractivity contribution in [2.45, 2.75) is 19.4 Å². The lowest BCUT2D eigenvalue weighted by Crippen LogP contribution is -2.36. The average molecular weight is 300 g/mol. The Morgan fingerprint density at radius 2 is 2.00 bits per heavy atom. The lowest BCUT2D eigenvalue weighted by Gasteiger charge is -2.28. The van der Waals surface area contributed by atoms with Crippen molar-refractivity contribution in [1.29, 1.82) is 0 Å². The molecule has 0 aliphatic carbocycles. The van der Waals surface area contributed by atoms with Gasteiger partial charge in [0.05, 0.1) is 6.04 Å². The van der Waals surface area contributed by atoms with E-state index >= 15 is 0 Å². The summed E-state index contributed by atoms with van der Waals surface area (Å²) >= 11 is 1.46. The van der Waals surface area contributed by atoms with Crippen molar-refractivity contribution in [2.24, 2.45) is 5.92 Å². The van der Waals surface area contributed by atoms with Crippen LogP contribution in [0.4, 0.5) is 5.69 Å². The standard InChI is InChI=1S/C16H15NO3S/c1-10-4-6-11(7-5-10)17-14(18)9-12(16(19)20)15(17)13-3-2-8-21-13/h2-8,12,15H,9H2,1H3,(H,19,20)/p-1/t12-,15+/m0/s1. The Kier molecular flexibility index (Phi) is 3.51. The Bertz CT molecular complexity index is 663. The molecule has 2 atom stereocenters.